The number of anilines is 1. The van der Waals surface area contributed by atoms with Gasteiger partial charge in [0, 0.05) is 51.4 Å². The highest BCUT2D eigenvalue weighted by atomic mass is 16.2. The van der Waals surface area contributed by atoms with E-state index in [0.717, 1.165) is 32.6 Å². The van der Waals surface area contributed by atoms with Crippen LogP contribution in [0.5, 0.6) is 0 Å². The lowest BCUT2D eigenvalue weighted by atomic mass is 10.1. The molecule has 1 atom stereocenters. The van der Waals surface area contributed by atoms with Gasteiger partial charge < -0.3 is 14.7 Å². The van der Waals surface area contributed by atoms with Gasteiger partial charge >= 0.3 is 0 Å². The van der Waals surface area contributed by atoms with Gasteiger partial charge in [-0.05, 0) is 30.5 Å². The number of amides is 2. The van der Waals surface area contributed by atoms with Crippen molar-refractivity contribution < 1.29 is 9.59 Å². The minimum Gasteiger partial charge on any atom is -0.368 e. The molecule has 29 heavy (non-hydrogen) atoms. The molecule has 0 bridgehead atoms. The van der Waals surface area contributed by atoms with Crippen LogP contribution in [-0.2, 0) is 16.0 Å². The summed E-state index contributed by atoms with van der Waals surface area (Å²) in [7, 11) is 0. The molecule has 2 aliphatic heterocycles. The molecule has 0 spiro atoms. The molecule has 2 aromatic rings. The van der Waals surface area contributed by atoms with Crippen LogP contribution in [-0.4, -0.2) is 60.9 Å². The van der Waals surface area contributed by atoms with Crippen molar-refractivity contribution in [3.05, 3.63) is 65.7 Å². The second kappa shape index (κ2) is 8.68. The lowest BCUT2D eigenvalue weighted by molar-refractivity contribution is -0.136. The molecule has 2 fully saturated rings. The van der Waals surface area contributed by atoms with E-state index in [2.05, 4.69) is 48.2 Å². The van der Waals surface area contributed by atoms with E-state index in [9.17, 15) is 9.59 Å². The van der Waals surface area contributed by atoms with Gasteiger partial charge in [0.2, 0.25) is 11.8 Å². The summed E-state index contributed by atoms with van der Waals surface area (Å²) in [6.07, 6.45) is 1.19. The largest absolute Gasteiger partial charge is 0.368 e. The second-order valence-corrected chi connectivity index (χ2v) is 8.08. The third-order valence-electron chi connectivity index (χ3n) is 6.12. The van der Waals surface area contributed by atoms with E-state index < -0.39 is 0 Å². The molecule has 2 heterocycles. The van der Waals surface area contributed by atoms with Gasteiger partial charge in [0.15, 0.2) is 0 Å². The Balaban J connectivity index is 1.29. The summed E-state index contributed by atoms with van der Waals surface area (Å²) < 4.78 is 0. The van der Waals surface area contributed by atoms with Gasteiger partial charge in [0.1, 0.15) is 0 Å². The lowest BCUT2D eigenvalue weighted by Gasteiger charge is -2.37. The maximum atomic E-state index is 13.0. The molecule has 0 aromatic heterocycles. The number of aryl methyl sites for hydroxylation is 1. The van der Waals surface area contributed by atoms with Gasteiger partial charge in [-0.25, -0.2) is 0 Å². The predicted molar refractivity (Wildman–Crippen MR) is 115 cm³/mol. The summed E-state index contributed by atoms with van der Waals surface area (Å²) in [6.45, 7) is 6.50. The van der Waals surface area contributed by atoms with E-state index in [1.54, 1.807) is 0 Å². The molecule has 0 radical (unpaired) electrons. The molecule has 5 heteroatoms. The van der Waals surface area contributed by atoms with E-state index in [0.29, 0.717) is 19.5 Å². The number of para-hydroxylation sites is 1. The molecular weight excluding hydrogens is 362 g/mol. The Bertz CT molecular complexity index is 859. The number of benzene rings is 2. The van der Waals surface area contributed by atoms with E-state index >= 15 is 0 Å². The Kier molecular flexibility index (Phi) is 5.84. The van der Waals surface area contributed by atoms with E-state index in [4.69, 9.17) is 0 Å². The quantitative estimate of drug-likeness (QED) is 0.787. The maximum Gasteiger partial charge on any atom is 0.228 e. The number of carbonyl (C=O) groups is 2. The third-order valence-corrected chi connectivity index (χ3v) is 6.12. The summed E-state index contributed by atoms with van der Waals surface area (Å²) in [6, 6.07) is 18.6. The first-order chi connectivity index (χ1) is 14.1. The molecule has 5 nitrogen and oxygen atoms in total. The summed E-state index contributed by atoms with van der Waals surface area (Å²) in [5, 5.41) is 0. The number of carbonyl (C=O) groups excluding carboxylic acids is 2. The van der Waals surface area contributed by atoms with Crippen molar-refractivity contribution in [2.75, 3.05) is 44.2 Å². The molecule has 0 N–H and O–H groups in total. The van der Waals surface area contributed by atoms with Crippen molar-refractivity contribution in [2.45, 2.75) is 19.8 Å². The summed E-state index contributed by atoms with van der Waals surface area (Å²) in [5.74, 6) is 0.0612. The zero-order valence-electron chi connectivity index (χ0n) is 17.1. The monoisotopic (exact) mass is 391 g/mol. The average molecular weight is 392 g/mol. The Morgan fingerprint density at radius 2 is 1.66 bits per heavy atom. The molecule has 2 aliphatic rings. The topological polar surface area (TPSA) is 43.9 Å². The summed E-state index contributed by atoms with van der Waals surface area (Å²) in [5.41, 5.74) is 3.74. The second-order valence-electron chi connectivity index (χ2n) is 8.08. The summed E-state index contributed by atoms with van der Waals surface area (Å²) in [4.78, 5) is 31.6. The normalized spacial score (nSPS) is 19.7. The molecule has 2 amide bonds. The molecule has 2 aromatic carbocycles. The van der Waals surface area contributed by atoms with Crippen LogP contribution in [0.3, 0.4) is 0 Å². The van der Waals surface area contributed by atoms with Crippen LogP contribution in [0.2, 0.25) is 0 Å². The van der Waals surface area contributed by atoms with Crippen LogP contribution in [0, 0.1) is 12.8 Å². The molecule has 2 saturated heterocycles. The minimum absolute atomic E-state index is 0.109. The highest BCUT2D eigenvalue weighted by Crippen LogP contribution is 2.24. The smallest absolute Gasteiger partial charge is 0.228 e. The zero-order valence-corrected chi connectivity index (χ0v) is 17.1. The van der Waals surface area contributed by atoms with Crippen molar-refractivity contribution >= 4 is 17.5 Å². The fraction of sp³-hybridized carbons (Fsp3) is 0.417. The van der Waals surface area contributed by atoms with Crippen molar-refractivity contribution in [2.24, 2.45) is 5.92 Å². The molecule has 0 unspecified atom stereocenters. The van der Waals surface area contributed by atoms with E-state index in [1.165, 1.54) is 16.8 Å². The van der Waals surface area contributed by atoms with Crippen molar-refractivity contribution in [1.82, 2.24) is 9.80 Å². The van der Waals surface area contributed by atoms with E-state index in [1.807, 2.05) is 28.0 Å². The number of nitrogens with zero attached hydrogens (tertiary/aromatic N) is 3. The minimum atomic E-state index is -0.191. The molecule has 4 rings (SSSR count). The fourth-order valence-corrected chi connectivity index (χ4v) is 4.41. The summed E-state index contributed by atoms with van der Waals surface area (Å²) >= 11 is 0. The Hall–Kier alpha value is -2.82. The highest BCUT2D eigenvalue weighted by Gasteiger charge is 2.37. The zero-order chi connectivity index (χ0) is 20.2. The molecule has 152 valence electrons. The van der Waals surface area contributed by atoms with Gasteiger partial charge in [0.25, 0.3) is 0 Å². The van der Waals surface area contributed by atoms with Crippen LogP contribution in [0.25, 0.3) is 0 Å². The first-order valence-electron chi connectivity index (χ1n) is 10.5. The lowest BCUT2D eigenvalue weighted by Crippen LogP contribution is -2.50. The number of likely N-dealkylation sites (tertiary alicyclic amines) is 1. The first-order valence-corrected chi connectivity index (χ1v) is 10.5. The van der Waals surface area contributed by atoms with Crippen LogP contribution in [0.1, 0.15) is 17.5 Å². The predicted octanol–water partition coefficient (Wildman–Crippen LogP) is 2.73. The van der Waals surface area contributed by atoms with Crippen molar-refractivity contribution in [1.29, 1.82) is 0 Å². The van der Waals surface area contributed by atoms with Gasteiger partial charge in [-0.2, -0.15) is 0 Å². The van der Waals surface area contributed by atoms with Gasteiger partial charge in [0.05, 0.1) is 5.92 Å². The van der Waals surface area contributed by atoms with Crippen molar-refractivity contribution in [3.8, 4) is 0 Å². The molecular formula is C24H29N3O2. The van der Waals surface area contributed by atoms with Gasteiger partial charge in [-0.15, -0.1) is 0 Å². The van der Waals surface area contributed by atoms with Crippen LogP contribution in [0.4, 0.5) is 5.69 Å². The van der Waals surface area contributed by atoms with Crippen LogP contribution < -0.4 is 4.90 Å². The maximum absolute atomic E-state index is 13.0. The third kappa shape index (κ3) is 4.44. The van der Waals surface area contributed by atoms with E-state index in [-0.39, 0.29) is 17.7 Å². The number of hydrogen-bond donors (Lipinski definition) is 0. The Morgan fingerprint density at radius 3 is 2.38 bits per heavy atom. The molecule has 0 saturated carbocycles. The molecule has 0 aliphatic carbocycles. The van der Waals surface area contributed by atoms with Crippen LogP contribution >= 0.6 is 0 Å². The van der Waals surface area contributed by atoms with Crippen LogP contribution in [0.15, 0.2) is 54.6 Å². The Labute approximate surface area is 172 Å². The average Bonchev–Trinajstić information content (AvgIpc) is 3.13. The fourth-order valence-electron chi connectivity index (χ4n) is 4.41. The highest BCUT2D eigenvalue weighted by molar-refractivity contribution is 5.89. The number of hydrogen-bond acceptors (Lipinski definition) is 3. The first kappa shape index (κ1) is 19.5. The Morgan fingerprint density at radius 1 is 0.966 bits per heavy atom. The van der Waals surface area contributed by atoms with Gasteiger partial charge in [-0.3, -0.25) is 9.59 Å². The number of piperazine rings is 1. The van der Waals surface area contributed by atoms with Crippen molar-refractivity contribution in [3.63, 3.8) is 0 Å². The number of rotatable bonds is 5. The SMILES string of the molecule is Cc1ccccc1N1CCN(C(=O)[C@H]2CC(=O)N(CCc3ccccc3)C2)CC1. The van der Waals surface area contributed by atoms with Gasteiger partial charge in [-0.1, -0.05) is 48.5 Å². The standard InChI is InChI=1S/C24H29N3O2/c1-19-7-5-6-10-22(19)25-13-15-26(16-14-25)24(29)21-17-23(28)27(18-21)12-11-20-8-3-2-4-9-20/h2-10,21H,11-18H2,1H3/t21-/m0/s1.